The Morgan fingerprint density at radius 1 is 1.35 bits per heavy atom. The molecule has 0 radical (unpaired) electrons. The Morgan fingerprint density at radius 3 is 2.35 bits per heavy atom. The molecule has 110 valence electrons. The molecular weight excluding hydrogens is 262 g/mol. The predicted octanol–water partition coefficient (Wildman–Crippen LogP) is 3.60. The fraction of sp³-hybridized carbons (Fsp3) is 0.500. The van der Waals surface area contributed by atoms with Crippen LogP contribution < -0.4 is 4.74 Å². The fourth-order valence-electron chi connectivity index (χ4n) is 1.87. The van der Waals surface area contributed by atoms with Crippen molar-refractivity contribution in [3.05, 3.63) is 33.4 Å². The molecule has 0 aliphatic heterocycles. The first-order chi connectivity index (χ1) is 9.20. The number of methoxy groups -OCH3 is 1. The van der Waals surface area contributed by atoms with Crippen LogP contribution in [0, 0.1) is 10.1 Å². The summed E-state index contributed by atoms with van der Waals surface area (Å²) in [6, 6.07) is 3.01. The van der Waals surface area contributed by atoms with Crippen molar-refractivity contribution in [3.8, 4) is 5.75 Å². The molecule has 0 aromatic heterocycles. The zero-order valence-corrected chi connectivity index (χ0v) is 12.4. The third-order valence-electron chi connectivity index (χ3n) is 2.93. The van der Waals surface area contributed by atoms with Crippen molar-refractivity contribution in [1.82, 2.24) is 0 Å². The third-order valence-corrected chi connectivity index (χ3v) is 2.93. The lowest BCUT2D eigenvalue weighted by Gasteiger charge is -2.22. The van der Waals surface area contributed by atoms with E-state index in [1.807, 2.05) is 27.7 Å². The van der Waals surface area contributed by atoms with Gasteiger partial charge in [-0.25, -0.2) is 4.79 Å². The Labute approximate surface area is 117 Å². The minimum Gasteiger partial charge on any atom is -0.437 e. The normalized spacial score (nSPS) is 11.1. The van der Waals surface area contributed by atoms with Crippen molar-refractivity contribution >= 4 is 11.8 Å². The summed E-state index contributed by atoms with van der Waals surface area (Å²) in [5.41, 5.74) is 0.962. The van der Waals surface area contributed by atoms with Crippen LogP contribution in [0.15, 0.2) is 12.1 Å². The van der Waals surface area contributed by atoms with Crippen LogP contribution in [0.1, 0.15) is 38.8 Å². The predicted molar refractivity (Wildman–Crippen MR) is 74.2 cm³/mol. The molecule has 20 heavy (non-hydrogen) atoms. The van der Waals surface area contributed by atoms with E-state index < -0.39 is 11.1 Å². The summed E-state index contributed by atoms with van der Waals surface area (Å²) in [4.78, 5) is 21.9. The molecule has 0 atom stereocenters. The second kappa shape index (κ2) is 5.90. The van der Waals surface area contributed by atoms with E-state index in [1.165, 1.54) is 13.2 Å². The SMILES string of the molecule is CCc1cc(C(C)(C)C)c(OC(=O)OC)cc1[N+](=O)[O-]. The van der Waals surface area contributed by atoms with E-state index in [1.54, 1.807) is 6.07 Å². The molecule has 0 aliphatic rings. The van der Waals surface area contributed by atoms with Gasteiger partial charge in [0.25, 0.3) is 5.69 Å². The summed E-state index contributed by atoms with van der Waals surface area (Å²) in [6.45, 7) is 7.67. The second-order valence-electron chi connectivity index (χ2n) is 5.39. The molecule has 0 heterocycles. The first-order valence-electron chi connectivity index (χ1n) is 6.28. The maximum Gasteiger partial charge on any atom is 0.513 e. The molecule has 1 aromatic rings. The van der Waals surface area contributed by atoms with Crippen LogP contribution in [0.5, 0.6) is 5.75 Å². The molecule has 6 nitrogen and oxygen atoms in total. The molecule has 0 aliphatic carbocycles. The summed E-state index contributed by atoms with van der Waals surface area (Å²) in [5, 5.41) is 11.1. The lowest BCUT2D eigenvalue weighted by atomic mass is 9.84. The number of hydrogen-bond acceptors (Lipinski definition) is 5. The molecule has 1 rings (SSSR count). The van der Waals surface area contributed by atoms with Gasteiger partial charge in [0.05, 0.1) is 18.1 Å². The quantitative estimate of drug-likeness (QED) is 0.366. The van der Waals surface area contributed by atoms with Gasteiger partial charge in [0.2, 0.25) is 0 Å². The van der Waals surface area contributed by atoms with Crippen molar-refractivity contribution in [2.24, 2.45) is 0 Å². The average Bonchev–Trinajstić information content (AvgIpc) is 2.36. The van der Waals surface area contributed by atoms with Gasteiger partial charge in [0.1, 0.15) is 5.75 Å². The maximum atomic E-state index is 11.3. The van der Waals surface area contributed by atoms with E-state index in [4.69, 9.17) is 4.74 Å². The molecule has 0 amide bonds. The number of nitro groups is 1. The summed E-state index contributed by atoms with van der Waals surface area (Å²) in [5.74, 6) is 0.160. The van der Waals surface area contributed by atoms with Gasteiger partial charge in [-0.1, -0.05) is 27.7 Å². The Bertz CT molecular complexity index is 531. The standard InChI is InChI=1S/C14H19NO5/c1-6-9-7-10(14(2,3)4)12(20-13(16)19-5)8-11(9)15(17)18/h7-8H,6H2,1-5H3. The van der Waals surface area contributed by atoms with Gasteiger partial charge >= 0.3 is 6.16 Å². The van der Waals surface area contributed by atoms with Crippen LogP contribution in [0.3, 0.4) is 0 Å². The number of carbonyl (C=O) groups is 1. The minimum absolute atomic E-state index is 0.0561. The molecule has 0 unspecified atom stereocenters. The highest BCUT2D eigenvalue weighted by Crippen LogP contribution is 2.37. The van der Waals surface area contributed by atoms with Crippen LogP contribution >= 0.6 is 0 Å². The van der Waals surface area contributed by atoms with Gasteiger partial charge in [-0.2, -0.15) is 0 Å². The van der Waals surface area contributed by atoms with Crippen LogP contribution in [0.25, 0.3) is 0 Å². The molecule has 0 saturated heterocycles. The largest absolute Gasteiger partial charge is 0.513 e. The maximum absolute atomic E-state index is 11.3. The lowest BCUT2D eigenvalue weighted by Crippen LogP contribution is -2.17. The Morgan fingerprint density at radius 2 is 1.95 bits per heavy atom. The fourth-order valence-corrected chi connectivity index (χ4v) is 1.87. The van der Waals surface area contributed by atoms with Crippen LogP contribution in [0.4, 0.5) is 10.5 Å². The monoisotopic (exact) mass is 281 g/mol. The molecule has 1 aromatic carbocycles. The summed E-state index contributed by atoms with van der Waals surface area (Å²) < 4.78 is 9.49. The van der Waals surface area contributed by atoms with E-state index in [2.05, 4.69) is 4.74 Å². The third kappa shape index (κ3) is 3.46. The molecular formula is C14H19NO5. The van der Waals surface area contributed by atoms with Gasteiger partial charge in [0, 0.05) is 11.1 Å². The first-order valence-corrected chi connectivity index (χ1v) is 6.28. The number of hydrogen-bond donors (Lipinski definition) is 0. The molecule has 0 fully saturated rings. The van der Waals surface area contributed by atoms with Gasteiger partial charge < -0.3 is 9.47 Å². The summed E-state index contributed by atoms with van der Waals surface area (Å²) in [6.07, 6.45) is -0.369. The number of ether oxygens (including phenoxy) is 2. The van der Waals surface area contributed by atoms with Crippen molar-refractivity contribution in [1.29, 1.82) is 0 Å². The van der Waals surface area contributed by atoms with E-state index >= 15 is 0 Å². The summed E-state index contributed by atoms with van der Waals surface area (Å²) in [7, 11) is 1.19. The van der Waals surface area contributed by atoms with Gasteiger partial charge in [0.15, 0.2) is 0 Å². The minimum atomic E-state index is -0.894. The van der Waals surface area contributed by atoms with Crippen LogP contribution in [0.2, 0.25) is 0 Å². The number of carbonyl (C=O) groups excluding carboxylic acids is 1. The number of nitro benzene ring substituents is 1. The topological polar surface area (TPSA) is 78.7 Å². The molecule has 0 spiro atoms. The number of rotatable bonds is 3. The number of nitrogens with zero attached hydrogens (tertiary/aromatic N) is 1. The van der Waals surface area contributed by atoms with E-state index in [0.717, 1.165) is 5.56 Å². The lowest BCUT2D eigenvalue weighted by molar-refractivity contribution is -0.385. The molecule has 0 bridgehead atoms. The highest BCUT2D eigenvalue weighted by Gasteiger charge is 2.26. The van der Waals surface area contributed by atoms with E-state index in [9.17, 15) is 14.9 Å². The smallest absolute Gasteiger partial charge is 0.437 e. The first kappa shape index (κ1) is 15.9. The highest BCUT2D eigenvalue weighted by atomic mass is 16.7. The molecule has 0 N–H and O–H groups in total. The number of aryl methyl sites for hydroxylation is 1. The van der Waals surface area contributed by atoms with Crippen molar-refractivity contribution < 1.29 is 19.2 Å². The zero-order valence-electron chi connectivity index (χ0n) is 12.4. The highest BCUT2D eigenvalue weighted by molar-refractivity contribution is 5.66. The van der Waals surface area contributed by atoms with Gasteiger partial charge in [-0.15, -0.1) is 0 Å². The van der Waals surface area contributed by atoms with Gasteiger partial charge in [-0.3, -0.25) is 10.1 Å². The van der Waals surface area contributed by atoms with Gasteiger partial charge in [-0.05, 0) is 17.9 Å². The summed E-state index contributed by atoms with van der Waals surface area (Å²) >= 11 is 0. The van der Waals surface area contributed by atoms with Crippen molar-refractivity contribution in [2.75, 3.05) is 7.11 Å². The molecule has 6 heteroatoms. The van der Waals surface area contributed by atoms with Crippen molar-refractivity contribution in [3.63, 3.8) is 0 Å². The van der Waals surface area contributed by atoms with Crippen LogP contribution in [-0.4, -0.2) is 18.2 Å². The molecule has 0 saturated carbocycles. The van der Waals surface area contributed by atoms with E-state index in [0.29, 0.717) is 12.0 Å². The Kier molecular flexibility index (Phi) is 4.70. The average molecular weight is 281 g/mol. The zero-order chi connectivity index (χ0) is 15.5. The Balaban J connectivity index is 3.48. The van der Waals surface area contributed by atoms with Crippen molar-refractivity contribution in [2.45, 2.75) is 39.5 Å². The van der Waals surface area contributed by atoms with E-state index in [-0.39, 0.29) is 16.9 Å². The number of benzene rings is 1. The van der Waals surface area contributed by atoms with Crippen LogP contribution in [-0.2, 0) is 16.6 Å². The Hall–Kier alpha value is -2.11. The second-order valence-corrected chi connectivity index (χ2v) is 5.39.